The van der Waals surface area contributed by atoms with E-state index in [0.717, 1.165) is 29.9 Å². The molecule has 0 bridgehead atoms. The quantitative estimate of drug-likeness (QED) is 0.431. The SMILES string of the molecule is CCCn1c(C)cc(C(=O)COC(=O)/C(=C/c2ccccc2)NC(C)=O)c1C. The zero-order valence-electron chi connectivity index (χ0n) is 16.7. The summed E-state index contributed by atoms with van der Waals surface area (Å²) < 4.78 is 7.25. The minimum Gasteiger partial charge on any atom is -0.453 e. The number of hydrogen-bond donors (Lipinski definition) is 1. The third-order valence-electron chi connectivity index (χ3n) is 4.30. The normalized spacial score (nSPS) is 11.2. The average molecular weight is 382 g/mol. The van der Waals surface area contributed by atoms with Crippen LogP contribution in [-0.4, -0.2) is 28.8 Å². The second-order valence-corrected chi connectivity index (χ2v) is 6.59. The molecule has 0 spiro atoms. The van der Waals surface area contributed by atoms with Crippen LogP contribution in [0, 0.1) is 13.8 Å². The van der Waals surface area contributed by atoms with Crippen molar-refractivity contribution in [2.45, 2.75) is 40.7 Å². The van der Waals surface area contributed by atoms with E-state index in [4.69, 9.17) is 4.74 Å². The predicted octanol–water partition coefficient (Wildman–Crippen LogP) is 3.42. The van der Waals surface area contributed by atoms with Gasteiger partial charge in [-0.1, -0.05) is 37.3 Å². The highest BCUT2D eigenvalue weighted by atomic mass is 16.5. The van der Waals surface area contributed by atoms with Crippen LogP contribution >= 0.6 is 0 Å². The Kier molecular flexibility index (Phi) is 7.32. The van der Waals surface area contributed by atoms with Crippen LogP contribution in [0.4, 0.5) is 0 Å². The second kappa shape index (κ2) is 9.69. The van der Waals surface area contributed by atoms with Gasteiger partial charge in [-0.05, 0) is 38.0 Å². The molecule has 0 saturated heterocycles. The van der Waals surface area contributed by atoms with Gasteiger partial charge in [-0.15, -0.1) is 0 Å². The van der Waals surface area contributed by atoms with Crippen LogP contribution in [0.2, 0.25) is 0 Å². The minimum absolute atomic E-state index is 0.0112. The number of hydrogen-bond acceptors (Lipinski definition) is 4. The number of ketones is 1. The maximum absolute atomic E-state index is 12.5. The third-order valence-corrected chi connectivity index (χ3v) is 4.30. The van der Waals surface area contributed by atoms with Crippen molar-refractivity contribution in [1.29, 1.82) is 0 Å². The number of ether oxygens (including phenoxy) is 1. The number of esters is 1. The molecule has 2 aromatic rings. The van der Waals surface area contributed by atoms with Gasteiger partial charge in [-0.2, -0.15) is 0 Å². The van der Waals surface area contributed by atoms with E-state index in [1.165, 1.54) is 13.0 Å². The molecule has 28 heavy (non-hydrogen) atoms. The van der Waals surface area contributed by atoms with E-state index >= 15 is 0 Å². The summed E-state index contributed by atoms with van der Waals surface area (Å²) >= 11 is 0. The number of benzene rings is 1. The maximum atomic E-state index is 12.5. The number of carbonyl (C=O) groups excluding carboxylic acids is 3. The first-order valence-electron chi connectivity index (χ1n) is 9.24. The van der Waals surface area contributed by atoms with Gasteiger partial charge < -0.3 is 14.6 Å². The molecule has 1 heterocycles. The van der Waals surface area contributed by atoms with E-state index in [1.54, 1.807) is 12.1 Å². The van der Waals surface area contributed by atoms with Crippen molar-refractivity contribution in [2.24, 2.45) is 0 Å². The highest BCUT2D eigenvalue weighted by Gasteiger charge is 2.19. The van der Waals surface area contributed by atoms with Gasteiger partial charge in [-0.25, -0.2) is 4.79 Å². The van der Waals surface area contributed by atoms with Crippen LogP contribution < -0.4 is 5.32 Å². The van der Waals surface area contributed by atoms with Crippen LogP contribution in [-0.2, 0) is 20.9 Å². The molecule has 0 aliphatic carbocycles. The topological polar surface area (TPSA) is 77.4 Å². The number of carbonyl (C=O) groups is 3. The van der Waals surface area contributed by atoms with Gasteiger partial charge in [0.2, 0.25) is 11.7 Å². The number of rotatable bonds is 8. The van der Waals surface area contributed by atoms with Crippen molar-refractivity contribution in [2.75, 3.05) is 6.61 Å². The summed E-state index contributed by atoms with van der Waals surface area (Å²) in [6.07, 6.45) is 2.48. The molecule has 1 amide bonds. The monoisotopic (exact) mass is 382 g/mol. The first-order valence-corrected chi connectivity index (χ1v) is 9.24. The Labute approximate surface area is 165 Å². The summed E-state index contributed by atoms with van der Waals surface area (Å²) in [5.74, 6) is -1.42. The first-order chi connectivity index (χ1) is 13.3. The molecule has 2 rings (SSSR count). The molecule has 148 valence electrons. The highest BCUT2D eigenvalue weighted by Crippen LogP contribution is 2.17. The number of Topliss-reactive ketones (excluding diaryl/α,β-unsaturated/α-hetero) is 1. The Morgan fingerprint density at radius 2 is 1.82 bits per heavy atom. The third kappa shape index (κ3) is 5.42. The Bertz CT molecular complexity index is 895. The molecule has 0 unspecified atom stereocenters. The standard InChI is InChI=1S/C22H26N2O4/c1-5-11-24-15(2)12-19(16(24)3)21(26)14-28-22(27)20(23-17(4)25)13-18-9-7-6-8-10-18/h6-10,12-13H,5,11,14H2,1-4H3,(H,23,25)/b20-13-. The number of aryl methyl sites for hydroxylation is 1. The summed E-state index contributed by atoms with van der Waals surface area (Å²) in [6.45, 7) is 7.65. The van der Waals surface area contributed by atoms with Crippen molar-refractivity contribution in [3.8, 4) is 0 Å². The first kappa shape index (κ1) is 21.2. The van der Waals surface area contributed by atoms with Gasteiger partial charge in [0.15, 0.2) is 6.61 Å². The van der Waals surface area contributed by atoms with E-state index < -0.39 is 11.9 Å². The molecular weight excluding hydrogens is 356 g/mol. The molecule has 1 aromatic carbocycles. The fourth-order valence-electron chi connectivity index (χ4n) is 2.99. The lowest BCUT2D eigenvalue weighted by atomic mass is 10.1. The molecule has 1 N–H and O–H groups in total. The van der Waals surface area contributed by atoms with Crippen LogP contribution in [0.15, 0.2) is 42.1 Å². The van der Waals surface area contributed by atoms with Crippen molar-refractivity contribution in [1.82, 2.24) is 9.88 Å². The van der Waals surface area contributed by atoms with E-state index in [0.29, 0.717) is 5.56 Å². The van der Waals surface area contributed by atoms with Crippen LogP contribution in [0.3, 0.4) is 0 Å². The molecule has 6 nitrogen and oxygen atoms in total. The smallest absolute Gasteiger partial charge is 0.355 e. The number of nitrogens with one attached hydrogen (secondary N) is 1. The molecule has 0 atom stereocenters. The zero-order chi connectivity index (χ0) is 20.7. The molecule has 1 aromatic heterocycles. The van der Waals surface area contributed by atoms with Gasteiger partial charge >= 0.3 is 5.97 Å². The van der Waals surface area contributed by atoms with Crippen molar-refractivity contribution in [3.63, 3.8) is 0 Å². The van der Waals surface area contributed by atoms with Gasteiger partial charge in [0.25, 0.3) is 0 Å². The maximum Gasteiger partial charge on any atom is 0.355 e. The van der Waals surface area contributed by atoms with Crippen LogP contribution in [0.1, 0.15) is 47.6 Å². The molecule has 0 radical (unpaired) electrons. The molecule has 0 saturated carbocycles. The average Bonchev–Trinajstić information content (AvgIpc) is 2.94. The Morgan fingerprint density at radius 1 is 1.14 bits per heavy atom. The van der Waals surface area contributed by atoms with Crippen LogP contribution in [0.5, 0.6) is 0 Å². The summed E-state index contributed by atoms with van der Waals surface area (Å²) in [5.41, 5.74) is 3.13. The largest absolute Gasteiger partial charge is 0.453 e. The minimum atomic E-state index is -0.755. The van der Waals surface area contributed by atoms with E-state index in [2.05, 4.69) is 16.8 Å². The molecule has 0 fully saturated rings. The molecular formula is C22H26N2O4. The molecule has 0 aliphatic heterocycles. The Hall–Kier alpha value is -3.15. The number of amides is 1. The number of aromatic nitrogens is 1. The summed E-state index contributed by atoms with van der Waals surface area (Å²) in [4.78, 5) is 36.4. The predicted molar refractivity (Wildman–Crippen MR) is 108 cm³/mol. The fourth-order valence-corrected chi connectivity index (χ4v) is 2.99. The zero-order valence-corrected chi connectivity index (χ0v) is 16.7. The number of nitrogens with zero attached hydrogens (tertiary/aromatic N) is 1. The Morgan fingerprint density at radius 3 is 2.43 bits per heavy atom. The molecule has 0 aliphatic rings. The van der Waals surface area contributed by atoms with Crippen LogP contribution in [0.25, 0.3) is 6.08 Å². The van der Waals surface area contributed by atoms with Crippen molar-refractivity contribution >= 4 is 23.7 Å². The van der Waals surface area contributed by atoms with Gasteiger partial charge in [0.05, 0.1) is 0 Å². The lowest BCUT2D eigenvalue weighted by Gasteiger charge is -2.10. The Balaban J connectivity index is 2.12. The highest BCUT2D eigenvalue weighted by molar-refractivity contribution is 6.02. The molecule has 6 heteroatoms. The van der Waals surface area contributed by atoms with Crippen molar-refractivity contribution in [3.05, 3.63) is 64.6 Å². The van der Waals surface area contributed by atoms with E-state index in [9.17, 15) is 14.4 Å². The van der Waals surface area contributed by atoms with Gasteiger partial charge in [-0.3, -0.25) is 9.59 Å². The lowest BCUT2D eigenvalue weighted by molar-refractivity contribution is -0.139. The van der Waals surface area contributed by atoms with E-state index in [-0.39, 0.29) is 18.1 Å². The fraction of sp³-hybridized carbons (Fsp3) is 0.318. The van der Waals surface area contributed by atoms with E-state index in [1.807, 2.05) is 38.1 Å². The summed E-state index contributed by atoms with van der Waals surface area (Å²) in [6, 6.07) is 10.9. The summed E-state index contributed by atoms with van der Waals surface area (Å²) in [7, 11) is 0. The van der Waals surface area contributed by atoms with Gasteiger partial charge in [0.1, 0.15) is 5.70 Å². The van der Waals surface area contributed by atoms with Gasteiger partial charge in [0, 0.05) is 30.4 Å². The second-order valence-electron chi connectivity index (χ2n) is 6.59. The van der Waals surface area contributed by atoms with Crippen molar-refractivity contribution < 1.29 is 19.1 Å². The lowest BCUT2D eigenvalue weighted by Crippen LogP contribution is -2.27. The summed E-state index contributed by atoms with van der Waals surface area (Å²) in [5, 5.41) is 2.47.